The fraction of sp³-hybridized carbons (Fsp3) is 0.438. The summed E-state index contributed by atoms with van der Waals surface area (Å²) in [5.41, 5.74) is 5.09. The van der Waals surface area contributed by atoms with Gasteiger partial charge in [0.25, 0.3) is 0 Å². The van der Waals surface area contributed by atoms with Crippen molar-refractivity contribution in [2.24, 2.45) is 5.92 Å². The van der Waals surface area contributed by atoms with E-state index in [1.54, 1.807) is 0 Å². The zero-order valence-corrected chi connectivity index (χ0v) is 11.5. The molecule has 0 aromatic heterocycles. The number of nitrogens with zero attached hydrogens (tertiary/aromatic N) is 1. The summed E-state index contributed by atoms with van der Waals surface area (Å²) in [7, 11) is 2.05. The number of carboxylic acid groups (broad SMARTS) is 1. The molecule has 3 atom stereocenters. The number of carbonyl (C=O) groups is 1. The number of likely N-dealkylation sites (N-methyl/N-ethyl adjacent to an activating group) is 1. The smallest absolute Gasteiger partial charge is 0.311 e. The standard InChI is InChI=1S/C16H18N2O2/c1-18-8-10(16(19)20)5-12-11-3-2-4-13-15(11)9(7-17-13)6-14(12)18/h2-5,9-10,14,17H,6-8H2,1H3,(H,19,20)/t9?,10-,14+/m0/s1. The molecule has 0 fully saturated rings. The minimum Gasteiger partial charge on any atom is -0.481 e. The van der Waals surface area contributed by atoms with Crippen LogP contribution < -0.4 is 5.32 Å². The molecule has 4 rings (SSSR count). The van der Waals surface area contributed by atoms with E-state index in [9.17, 15) is 9.90 Å². The summed E-state index contributed by atoms with van der Waals surface area (Å²) < 4.78 is 0. The van der Waals surface area contributed by atoms with Gasteiger partial charge in [-0.2, -0.15) is 0 Å². The molecule has 0 spiro atoms. The van der Waals surface area contributed by atoms with Crippen molar-refractivity contribution in [3.8, 4) is 0 Å². The van der Waals surface area contributed by atoms with Crippen LogP contribution in [0, 0.1) is 5.92 Å². The summed E-state index contributed by atoms with van der Waals surface area (Å²) in [4.78, 5) is 13.6. The second-order valence-electron chi connectivity index (χ2n) is 6.10. The van der Waals surface area contributed by atoms with Crippen LogP contribution in [-0.4, -0.2) is 42.2 Å². The predicted molar refractivity (Wildman–Crippen MR) is 77.8 cm³/mol. The molecule has 1 aromatic carbocycles. The highest BCUT2D eigenvalue weighted by Crippen LogP contribution is 2.48. The number of benzene rings is 1. The van der Waals surface area contributed by atoms with Crippen molar-refractivity contribution in [2.75, 3.05) is 25.5 Å². The van der Waals surface area contributed by atoms with Crippen LogP contribution in [0.1, 0.15) is 23.5 Å². The molecule has 0 saturated carbocycles. The Hall–Kier alpha value is -1.81. The van der Waals surface area contributed by atoms with E-state index >= 15 is 0 Å². The molecule has 0 radical (unpaired) electrons. The Morgan fingerprint density at radius 2 is 2.30 bits per heavy atom. The highest BCUT2D eigenvalue weighted by atomic mass is 16.4. The highest BCUT2D eigenvalue weighted by molar-refractivity contribution is 5.84. The van der Waals surface area contributed by atoms with Crippen molar-refractivity contribution in [3.63, 3.8) is 0 Å². The summed E-state index contributed by atoms with van der Waals surface area (Å²) in [5.74, 6) is -0.559. The first-order valence-corrected chi connectivity index (χ1v) is 7.17. The molecule has 2 aliphatic heterocycles. The van der Waals surface area contributed by atoms with Crippen LogP contribution in [-0.2, 0) is 4.79 Å². The zero-order chi connectivity index (χ0) is 13.9. The highest BCUT2D eigenvalue weighted by Gasteiger charge is 2.40. The van der Waals surface area contributed by atoms with Crippen molar-refractivity contribution < 1.29 is 9.90 Å². The van der Waals surface area contributed by atoms with E-state index in [4.69, 9.17) is 0 Å². The lowest BCUT2D eigenvalue weighted by Gasteiger charge is -2.41. The molecule has 3 aliphatic rings. The number of carboxylic acids is 1. The van der Waals surface area contributed by atoms with E-state index in [2.05, 4.69) is 28.4 Å². The minimum absolute atomic E-state index is 0.359. The lowest BCUT2D eigenvalue weighted by molar-refractivity contribution is -0.140. The van der Waals surface area contributed by atoms with Crippen molar-refractivity contribution in [2.45, 2.75) is 18.4 Å². The fourth-order valence-corrected chi connectivity index (χ4v) is 4.00. The quantitative estimate of drug-likeness (QED) is 0.819. The molecule has 0 saturated heterocycles. The van der Waals surface area contributed by atoms with E-state index in [1.807, 2.05) is 13.1 Å². The number of hydrogen-bond acceptors (Lipinski definition) is 3. The SMILES string of the molecule is CN1C[C@@H](C(=O)O)C=C2c3cccc4c3C(CN4)C[C@H]21. The van der Waals surface area contributed by atoms with Gasteiger partial charge in [-0.3, -0.25) is 9.69 Å². The number of hydrogen-bond donors (Lipinski definition) is 2. The van der Waals surface area contributed by atoms with Crippen LogP contribution in [0.5, 0.6) is 0 Å². The van der Waals surface area contributed by atoms with Crippen LogP contribution in [0.2, 0.25) is 0 Å². The van der Waals surface area contributed by atoms with Gasteiger partial charge in [-0.15, -0.1) is 0 Å². The maximum Gasteiger partial charge on any atom is 0.311 e. The molecule has 1 aromatic rings. The van der Waals surface area contributed by atoms with E-state index in [0.29, 0.717) is 18.5 Å². The molecule has 4 nitrogen and oxygen atoms in total. The molecular formula is C16H18N2O2. The van der Waals surface area contributed by atoms with Crippen LogP contribution in [0.3, 0.4) is 0 Å². The van der Waals surface area contributed by atoms with Gasteiger partial charge in [0.05, 0.1) is 5.92 Å². The van der Waals surface area contributed by atoms with Crippen LogP contribution in [0.4, 0.5) is 5.69 Å². The molecular weight excluding hydrogens is 252 g/mol. The molecule has 0 amide bonds. The summed E-state index contributed by atoms with van der Waals surface area (Å²) in [6.45, 7) is 1.62. The number of aliphatic carboxylic acids is 1. The fourth-order valence-electron chi connectivity index (χ4n) is 4.00. The summed E-state index contributed by atoms with van der Waals surface area (Å²) in [6.07, 6.45) is 3.07. The van der Waals surface area contributed by atoms with Gasteiger partial charge >= 0.3 is 5.97 Å². The van der Waals surface area contributed by atoms with Gasteiger partial charge in [0, 0.05) is 30.7 Å². The van der Waals surface area contributed by atoms with Crippen LogP contribution >= 0.6 is 0 Å². The maximum atomic E-state index is 11.3. The van der Waals surface area contributed by atoms with Crippen molar-refractivity contribution in [1.29, 1.82) is 0 Å². The first kappa shape index (κ1) is 12.0. The van der Waals surface area contributed by atoms with Crippen molar-refractivity contribution >= 4 is 17.2 Å². The van der Waals surface area contributed by atoms with E-state index in [0.717, 1.165) is 13.0 Å². The molecule has 0 bridgehead atoms. The molecule has 1 unspecified atom stereocenters. The van der Waals surface area contributed by atoms with Gasteiger partial charge in [-0.25, -0.2) is 0 Å². The zero-order valence-electron chi connectivity index (χ0n) is 11.5. The Bertz CT molecular complexity index is 623. The summed E-state index contributed by atoms with van der Waals surface area (Å²) in [6, 6.07) is 6.70. The second-order valence-corrected chi connectivity index (χ2v) is 6.10. The van der Waals surface area contributed by atoms with E-state index < -0.39 is 11.9 Å². The van der Waals surface area contributed by atoms with Gasteiger partial charge < -0.3 is 10.4 Å². The Kier molecular flexibility index (Phi) is 2.45. The molecule has 4 heteroatoms. The van der Waals surface area contributed by atoms with Gasteiger partial charge in [-0.05, 0) is 36.2 Å². The molecule has 2 N–H and O–H groups in total. The van der Waals surface area contributed by atoms with Gasteiger partial charge in [0.2, 0.25) is 0 Å². The Labute approximate surface area is 118 Å². The van der Waals surface area contributed by atoms with Gasteiger partial charge in [-0.1, -0.05) is 18.2 Å². The van der Waals surface area contributed by atoms with Gasteiger partial charge in [0.1, 0.15) is 0 Å². The third kappa shape index (κ3) is 1.54. The minimum atomic E-state index is -0.726. The van der Waals surface area contributed by atoms with Crippen LogP contribution in [0.25, 0.3) is 5.57 Å². The number of rotatable bonds is 1. The first-order chi connectivity index (χ1) is 9.65. The number of nitrogens with one attached hydrogen (secondary N) is 1. The predicted octanol–water partition coefficient (Wildman–Crippen LogP) is 2.00. The van der Waals surface area contributed by atoms with Gasteiger partial charge in [0.15, 0.2) is 0 Å². The number of fused-ring (bicyclic) bond motifs is 2. The monoisotopic (exact) mass is 270 g/mol. The van der Waals surface area contributed by atoms with E-state index in [-0.39, 0.29) is 0 Å². The average Bonchev–Trinajstić information content (AvgIpc) is 2.84. The molecule has 1 aliphatic carbocycles. The third-order valence-electron chi connectivity index (χ3n) is 4.95. The largest absolute Gasteiger partial charge is 0.481 e. The van der Waals surface area contributed by atoms with Crippen molar-refractivity contribution in [1.82, 2.24) is 4.90 Å². The molecule has 104 valence electrons. The lowest BCUT2D eigenvalue weighted by Crippen LogP contribution is -2.44. The van der Waals surface area contributed by atoms with E-state index in [1.165, 1.54) is 22.4 Å². The third-order valence-corrected chi connectivity index (χ3v) is 4.95. The van der Waals surface area contributed by atoms with Crippen molar-refractivity contribution in [3.05, 3.63) is 35.4 Å². The van der Waals surface area contributed by atoms with Crippen LogP contribution in [0.15, 0.2) is 24.3 Å². The Balaban J connectivity index is 1.88. The normalized spacial score (nSPS) is 31.1. The Morgan fingerprint density at radius 1 is 1.45 bits per heavy atom. The Morgan fingerprint density at radius 3 is 3.10 bits per heavy atom. The summed E-state index contributed by atoms with van der Waals surface area (Å²) >= 11 is 0. The lowest BCUT2D eigenvalue weighted by atomic mass is 9.74. The average molecular weight is 270 g/mol. The first-order valence-electron chi connectivity index (χ1n) is 7.17. The number of anilines is 1. The molecule has 2 heterocycles. The summed E-state index contributed by atoms with van der Waals surface area (Å²) in [5, 5.41) is 12.8. The topological polar surface area (TPSA) is 52.6 Å². The molecule has 20 heavy (non-hydrogen) atoms. The second kappa shape index (κ2) is 4.09. The maximum absolute atomic E-state index is 11.3.